The number of hydrogen-bond acceptors (Lipinski definition) is 3. The molecule has 3 rings (SSSR count). The maximum Gasteiger partial charge on any atom is 0.245 e. The molecule has 1 unspecified atom stereocenters. The molecular formula is C19H25FN4O2S. The molecule has 146 valence electrons. The summed E-state index contributed by atoms with van der Waals surface area (Å²) in [7, 11) is 0. The molecular weight excluding hydrogens is 367 g/mol. The van der Waals surface area contributed by atoms with Gasteiger partial charge >= 0.3 is 0 Å². The van der Waals surface area contributed by atoms with Crippen molar-refractivity contribution < 1.29 is 14.0 Å². The van der Waals surface area contributed by atoms with Crippen LogP contribution in [0.4, 0.5) is 10.1 Å². The van der Waals surface area contributed by atoms with E-state index < -0.39 is 6.04 Å². The number of carbonyl (C=O) groups excluding carboxylic acids is 2. The van der Waals surface area contributed by atoms with Crippen LogP contribution < -0.4 is 10.6 Å². The highest BCUT2D eigenvalue weighted by Crippen LogP contribution is 2.15. The molecule has 0 radical (unpaired) electrons. The quantitative estimate of drug-likeness (QED) is 0.769. The van der Waals surface area contributed by atoms with E-state index in [0.29, 0.717) is 23.8 Å². The second-order valence-electron chi connectivity index (χ2n) is 7.00. The normalized spacial score (nSPS) is 20.3. The molecule has 6 nitrogen and oxygen atoms in total. The Morgan fingerprint density at radius 1 is 1.11 bits per heavy atom. The van der Waals surface area contributed by atoms with Gasteiger partial charge in [0.15, 0.2) is 5.11 Å². The van der Waals surface area contributed by atoms with Crippen LogP contribution in [-0.4, -0.2) is 58.9 Å². The van der Waals surface area contributed by atoms with E-state index >= 15 is 0 Å². The number of nitrogens with one attached hydrogen (secondary N) is 2. The van der Waals surface area contributed by atoms with Gasteiger partial charge in [0.2, 0.25) is 11.8 Å². The number of carbonyl (C=O) groups is 2. The summed E-state index contributed by atoms with van der Waals surface area (Å²) in [5, 5.41) is 6.33. The van der Waals surface area contributed by atoms with Gasteiger partial charge in [0, 0.05) is 25.3 Å². The van der Waals surface area contributed by atoms with Gasteiger partial charge in [-0.05, 0) is 68.6 Å². The first-order valence-corrected chi connectivity index (χ1v) is 9.83. The van der Waals surface area contributed by atoms with E-state index in [9.17, 15) is 14.0 Å². The molecule has 2 amide bonds. The van der Waals surface area contributed by atoms with Gasteiger partial charge in [-0.1, -0.05) is 0 Å². The van der Waals surface area contributed by atoms with Crippen molar-refractivity contribution in [2.45, 2.75) is 38.1 Å². The highest BCUT2D eigenvalue weighted by atomic mass is 32.1. The average Bonchev–Trinajstić information content (AvgIpc) is 3.14. The predicted molar refractivity (Wildman–Crippen MR) is 106 cm³/mol. The zero-order valence-electron chi connectivity index (χ0n) is 15.2. The molecule has 1 aromatic rings. The third kappa shape index (κ3) is 5.38. The second-order valence-corrected chi connectivity index (χ2v) is 7.41. The fourth-order valence-electron chi connectivity index (χ4n) is 3.48. The first-order valence-electron chi connectivity index (χ1n) is 9.42. The Labute approximate surface area is 164 Å². The zero-order valence-corrected chi connectivity index (χ0v) is 16.1. The van der Waals surface area contributed by atoms with E-state index in [0.717, 1.165) is 38.8 Å². The van der Waals surface area contributed by atoms with E-state index in [2.05, 4.69) is 10.6 Å². The average molecular weight is 393 g/mol. The third-order valence-electron chi connectivity index (χ3n) is 4.97. The summed E-state index contributed by atoms with van der Waals surface area (Å²) < 4.78 is 13.0. The van der Waals surface area contributed by atoms with Crippen molar-refractivity contribution in [3.63, 3.8) is 0 Å². The minimum absolute atomic E-state index is 0.0218. The van der Waals surface area contributed by atoms with Crippen LogP contribution in [0.1, 0.15) is 32.1 Å². The van der Waals surface area contributed by atoms with Crippen LogP contribution in [0.3, 0.4) is 0 Å². The lowest BCUT2D eigenvalue weighted by molar-refractivity contribution is -0.140. The number of hydrogen-bond donors (Lipinski definition) is 2. The Balaban J connectivity index is 1.56. The molecule has 2 aliphatic heterocycles. The van der Waals surface area contributed by atoms with Crippen LogP contribution in [0.15, 0.2) is 24.3 Å². The van der Waals surface area contributed by atoms with Crippen LogP contribution >= 0.6 is 12.2 Å². The van der Waals surface area contributed by atoms with Crippen molar-refractivity contribution >= 4 is 34.8 Å². The minimum Gasteiger partial charge on any atom is -0.351 e. The Kier molecular flexibility index (Phi) is 6.60. The number of halogens is 1. The first kappa shape index (κ1) is 19.5. The van der Waals surface area contributed by atoms with Crippen LogP contribution in [0.2, 0.25) is 0 Å². The van der Waals surface area contributed by atoms with Gasteiger partial charge < -0.3 is 20.4 Å². The number of rotatable bonds is 4. The number of amides is 2. The molecule has 1 atom stereocenters. The Morgan fingerprint density at radius 2 is 1.78 bits per heavy atom. The largest absolute Gasteiger partial charge is 0.351 e. The molecule has 0 bridgehead atoms. The zero-order chi connectivity index (χ0) is 19.2. The van der Waals surface area contributed by atoms with Crippen molar-refractivity contribution in [3.05, 3.63) is 30.1 Å². The van der Waals surface area contributed by atoms with Crippen molar-refractivity contribution in [1.29, 1.82) is 0 Å². The van der Waals surface area contributed by atoms with Crippen LogP contribution in [-0.2, 0) is 9.59 Å². The summed E-state index contributed by atoms with van der Waals surface area (Å²) in [5.74, 6) is -0.395. The fraction of sp³-hybridized carbons (Fsp3) is 0.526. The van der Waals surface area contributed by atoms with Crippen molar-refractivity contribution in [2.24, 2.45) is 0 Å². The lowest BCUT2D eigenvalue weighted by Crippen LogP contribution is -2.51. The van der Waals surface area contributed by atoms with Gasteiger partial charge in [-0.3, -0.25) is 9.59 Å². The second kappa shape index (κ2) is 9.12. The van der Waals surface area contributed by atoms with Gasteiger partial charge in [-0.25, -0.2) is 4.39 Å². The molecule has 2 saturated heterocycles. The summed E-state index contributed by atoms with van der Waals surface area (Å²) in [6.07, 6.45) is 4.49. The van der Waals surface area contributed by atoms with E-state index in [1.165, 1.54) is 12.1 Å². The molecule has 1 aromatic carbocycles. The molecule has 8 heteroatoms. The third-order valence-corrected chi connectivity index (χ3v) is 5.19. The number of thiocarbonyl (C=S) groups is 1. The molecule has 2 fully saturated rings. The summed E-state index contributed by atoms with van der Waals surface area (Å²) in [6.45, 7) is 2.30. The fourth-order valence-corrected chi connectivity index (χ4v) is 3.74. The van der Waals surface area contributed by atoms with Crippen LogP contribution in [0.25, 0.3) is 0 Å². The van der Waals surface area contributed by atoms with Gasteiger partial charge in [0.25, 0.3) is 0 Å². The molecule has 0 saturated carbocycles. The van der Waals surface area contributed by atoms with Crippen molar-refractivity contribution in [3.8, 4) is 0 Å². The highest BCUT2D eigenvalue weighted by molar-refractivity contribution is 7.80. The molecule has 27 heavy (non-hydrogen) atoms. The predicted octanol–water partition coefficient (Wildman–Crippen LogP) is 2.12. The monoisotopic (exact) mass is 392 g/mol. The lowest BCUT2D eigenvalue weighted by atomic mass is 10.1. The maximum absolute atomic E-state index is 13.0. The maximum atomic E-state index is 13.0. The number of anilines is 1. The molecule has 0 aliphatic carbocycles. The summed E-state index contributed by atoms with van der Waals surface area (Å²) in [5.41, 5.74) is 0.649. The molecule has 2 N–H and O–H groups in total. The molecule has 0 aromatic heterocycles. The van der Waals surface area contributed by atoms with E-state index in [1.807, 2.05) is 4.90 Å². The number of benzene rings is 1. The van der Waals surface area contributed by atoms with Gasteiger partial charge in [0.05, 0.1) is 6.54 Å². The smallest absolute Gasteiger partial charge is 0.245 e. The summed E-state index contributed by atoms with van der Waals surface area (Å²) in [4.78, 5) is 28.8. The molecule has 0 spiro atoms. The van der Waals surface area contributed by atoms with Crippen molar-refractivity contribution in [1.82, 2.24) is 15.1 Å². The Bertz CT molecular complexity index is 691. The Hall–Kier alpha value is -2.22. The summed E-state index contributed by atoms with van der Waals surface area (Å²) >= 11 is 5.30. The van der Waals surface area contributed by atoms with E-state index in [1.54, 1.807) is 17.0 Å². The first-order chi connectivity index (χ1) is 13.0. The van der Waals surface area contributed by atoms with E-state index in [4.69, 9.17) is 12.2 Å². The van der Waals surface area contributed by atoms with Gasteiger partial charge in [-0.15, -0.1) is 0 Å². The van der Waals surface area contributed by atoms with Crippen LogP contribution in [0, 0.1) is 5.82 Å². The number of likely N-dealkylation sites (tertiary alicyclic amines) is 2. The van der Waals surface area contributed by atoms with Gasteiger partial charge in [0.1, 0.15) is 11.9 Å². The molecule has 2 heterocycles. The lowest BCUT2D eigenvalue weighted by Gasteiger charge is -2.27. The van der Waals surface area contributed by atoms with Gasteiger partial charge in [-0.2, -0.15) is 0 Å². The SMILES string of the molecule is O=C(CN1CCCCC(NC(=S)Nc2ccc(F)cc2)C1=O)N1CCCC1. The van der Waals surface area contributed by atoms with Crippen LogP contribution in [0.5, 0.6) is 0 Å². The highest BCUT2D eigenvalue weighted by Gasteiger charge is 2.30. The van der Waals surface area contributed by atoms with E-state index in [-0.39, 0.29) is 24.2 Å². The number of nitrogens with zero attached hydrogens (tertiary/aromatic N) is 2. The van der Waals surface area contributed by atoms with Crippen molar-refractivity contribution in [2.75, 3.05) is 31.5 Å². The topological polar surface area (TPSA) is 64.7 Å². The molecule has 2 aliphatic rings. The summed E-state index contributed by atoms with van der Waals surface area (Å²) in [6, 6.07) is 5.39. The standard InChI is InChI=1S/C19H25FN4O2S/c20-14-6-8-15(9-7-14)21-19(27)22-16-5-1-2-12-24(18(16)26)13-17(25)23-10-3-4-11-23/h6-9,16H,1-5,10-13H2,(H2,21,22,27). The minimum atomic E-state index is -0.459. The Morgan fingerprint density at radius 3 is 2.48 bits per heavy atom.